The van der Waals surface area contributed by atoms with Gasteiger partial charge in [-0.25, -0.2) is 9.78 Å². The molecule has 0 aromatic carbocycles. The summed E-state index contributed by atoms with van der Waals surface area (Å²) >= 11 is 0. The number of hydrogen-bond acceptors (Lipinski definition) is 5. The van der Waals surface area contributed by atoms with E-state index in [-0.39, 0.29) is 6.09 Å². The summed E-state index contributed by atoms with van der Waals surface area (Å²) in [6.07, 6.45) is 5.01. The number of nitrogens with one attached hydrogen (secondary N) is 1. The van der Waals surface area contributed by atoms with E-state index in [1.165, 1.54) is 6.39 Å². The number of piperidine rings is 1. The second kappa shape index (κ2) is 7.13. The number of oxazole rings is 1. The van der Waals surface area contributed by atoms with Gasteiger partial charge in [-0.2, -0.15) is 0 Å². The SMILES string of the molecule is CC(NCc1cocn1)C1CCCN(C(=O)OC(C)(C)C)C1. The van der Waals surface area contributed by atoms with Crippen molar-refractivity contribution in [1.82, 2.24) is 15.2 Å². The van der Waals surface area contributed by atoms with Gasteiger partial charge in [0.2, 0.25) is 0 Å². The number of carbonyl (C=O) groups excluding carboxylic acids is 1. The van der Waals surface area contributed by atoms with Gasteiger partial charge < -0.3 is 19.4 Å². The summed E-state index contributed by atoms with van der Waals surface area (Å²) in [5, 5.41) is 3.46. The number of carbonyl (C=O) groups is 1. The Kier molecular flexibility index (Phi) is 5.45. The summed E-state index contributed by atoms with van der Waals surface area (Å²) in [6, 6.07) is 0.307. The van der Waals surface area contributed by atoms with Gasteiger partial charge >= 0.3 is 6.09 Å². The third-order valence-electron chi connectivity index (χ3n) is 3.91. The Morgan fingerprint density at radius 3 is 3.00 bits per heavy atom. The van der Waals surface area contributed by atoms with Crippen LogP contribution in [0.2, 0.25) is 0 Å². The highest BCUT2D eigenvalue weighted by atomic mass is 16.6. The van der Waals surface area contributed by atoms with Gasteiger partial charge in [0.1, 0.15) is 11.9 Å². The molecule has 0 aliphatic carbocycles. The average molecular weight is 309 g/mol. The second-order valence-electron chi connectivity index (χ2n) is 6.98. The average Bonchev–Trinajstić information content (AvgIpc) is 2.96. The molecule has 1 saturated heterocycles. The first-order chi connectivity index (χ1) is 10.3. The first kappa shape index (κ1) is 16.8. The Bertz CT molecular complexity index is 467. The minimum absolute atomic E-state index is 0.207. The maximum Gasteiger partial charge on any atom is 0.410 e. The monoisotopic (exact) mass is 309 g/mol. The van der Waals surface area contributed by atoms with E-state index in [9.17, 15) is 4.79 Å². The van der Waals surface area contributed by atoms with Gasteiger partial charge in [-0.3, -0.25) is 0 Å². The lowest BCUT2D eigenvalue weighted by molar-refractivity contribution is 0.0148. The van der Waals surface area contributed by atoms with Gasteiger partial charge in [0.05, 0.1) is 5.69 Å². The Morgan fingerprint density at radius 2 is 2.36 bits per heavy atom. The van der Waals surface area contributed by atoms with Crippen molar-refractivity contribution < 1.29 is 13.9 Å². The predicted molar refractivity (Wildman–Crippen MR) is 83.3 cm³/mol. The molecule has 6 heteroatoms. The zero-order chi connectivity index (χ0) is 16.2. The van der Waals surface area contributed by atoms with Crippen molar-refractivity contribution in [1.29, 1.82) is 0 Å². The maximum absolute atomic E-state index is 12.2. The van der Waals surface area contributed by atoms with Crippen LogP contribution in [-0.4, -0.2) is 40.7 Å². The lowest BCUT2D eigenvalue weighted by Gasteiger charge is -2.36. The topological polar surface area (TPSA) is 67.6 Å². The van der Waals surface area contributed by atoms with E-state index < -0.39 is 5.60 Å². The fourth-order valence-electron chi connectivity index (χ4n) is 2.67. The maximum atomic E-state index is 12.2. The van der Waals surface area contributed by atoms with Crippen molar-refractivity contribution >= 4 is 6.09 Å². The number of amides is 1. The summed E-state index contributed by atoms with van der Waals surface area (Å²) in [4.78, 5) is 18.1. The lowest BCUT2D eigenvalue weighted by Crippen LogP contribution is -2.47. The van der Waals surface area contributed by atoms with Crippen LogP contribution >= 0.6 is 0 Å². The standard InChI is InChI=1S/C16H27N3O3/c1-12(17-8-14-10-21-11-18-14)13-6-5-7-19(9-13)15(20)22-16(2,3)4/h10-13,17H,5-9H2,1-4H3. The summed E-state index contributed by atoms with van der Waals surface area (Å²) in [5.41, 5.74) is 0.451. The molecule has 1 amide bonds. The van der Waals surface area contributed by atoms with E-state index in [2.05, 4.69) is 17.2 Å². The van der Waals surface area contributed by atoms with E-state index in [0.717, 1.165) is 31.6 Å². The highest BCUT2D eigenvalue weighted by Crippen LogP contribution is 2.22. The van der Waals surface area contributed by atoms with Crippen LogP contribution in [0.5, 0.6) is 0 Å². The van der Waals surface area contributed by atoms with E-state index >= 15 is 0 Å². The number of rotatable bonds is 4. The Labute approximate surface area is 132 Å². The van der Waals surface area contributed by atoms with Gasteiger partial charge in [-0.15, -0.1) is 0 Å². The number of ether oxygens (including phenoxy) is 1. The lowest BCUT2D eigenvalue weighted by atomic mass is 9.91. The van der Waals surface area contributed by atoms with E-state index in [1.54, 1.807) is 6.26 Å². The number of nitrogens with zero attached hydrogens (tertiary/aromatic N) is 2. The molecule has 2 unspecified atom stereocenters. The fourth-order valence-corrected chi connectivity index (χ4v) is 2.67. The molecule has 1 aliphatic heterocycles. The van der Waals surface area contributed by atoms with Crippen molar-refractivity contribution in [3.8, 4) is 0 Å². The second-order valence-corrected chi connectivity index (χ2v) is 6.98. The van der Waals surface area contributed by atoms with Crippen LogP contribution < -0.4 is 5.32 Å². The zero-order valence-corrected chi connectivity index (χ0v) is 14.0. The van der Waals surface area contributed by atoms with Crippen LogP contribution in [0.25, 0.3) is 0 Å². The largest absolute Gasteiger partial charge is 0.451 e. The van der Waals surface area contributed by atoms with E-state index in [4.69, 9.17) is 9.15 Å². The molecule has 1 aromatic heterocycles. The minimum atomic E-state index is -0.444. The smallest absolute Gasteiger partial charge is 0.410 e. The first-order valence-electron chi connectivity index (χ1n) is 7.93. The molecule has 1 aromatic rings. The summed E-state index contributed by atoms with van der Waals surface area (Å²) in [5.74, 6) is 0.424. The molecule has 124 valence electrons. The molecule has 22 heavy (non-hydrogen) atoms. The van der Waals surface area contributed by atoms with Crippen molar-refractivity contribution in [3.05, 3.63) is 18.4 Å². The molecule has 0 bridgehead atoms. The Balaban J connectivity index is 1.82. The molecule has 1 N–H and O–H groups in total. The molecule has 0 radical (unpaired) electrons. The van der Waals surface area contributed by atoms with Crippen molar-refractivity contribution in [3.63, 3.8) is 0 Å². The minimum Gasteiger partial charge on any atom is -0.451 e. The molecular weight excluding hydrogens is 282 g/mol. The quantitative estimate of drug-likeness (QED) is 0.926. The molecule has 2 rings (SSSR count). The molecule has 2 heterocycles. The van der Waals surface area contributed by atoms with E-state index in [1.807, 2.05) is 25.7 Å². The predicted octanol–water partition coefficient (Wildman–Crippen LogP) is 2.80. The summed E-state index contributed by atoms with van der Waals surface area (Å²) in [7, 11) is 0. The fraction of sp³-hybridized carbons (Fsp3) is 0.750. The molecule has 1 fully saturated rings. The first-order valence-corrected chi connectivity index (χ1v) is 7.93. The van der Waals surface area contributed by atoms with Gasteiger partial charge in [-0.1, -0.05) is 0 Å². The number of aromatic nitrogens is 1. The van der Waals surface area contributed by atoms with Gasteiger partial charge in [-0.05, 0) is 46.5 Å². The van der Waals surface area contributed by atoms with Crippen molar-refractivity contribution in [2.75, 3.05) is 13.1 Å². The van der Waals surface area contributed by atoms with Crippen LogP contribution in [0.3, 0.4) is 0 Å². The Morgan fingerprint density at radius 1 is 1.59 bits per heavy atom. The highest BCUT2D eigenvalue weighted by molar-refractivity contribution is 5.68. The molecule has 1 aliphatic rings. The van der Waals surface area contributed by atoms with Crippen LogP contribution in [-0.2, 0) is 11.3 Å². The third kappa shape index (κ3) is 5.02. The van der Waals surface area contributed by atoms with Crippen LogP contribution in [0.15, 0.2) is 17.1 Å². The Hall–Kier alpha value is -1.56. The van der Waals surface area contributed by atoms with Gasteiger partial charge in [0.15, 0.2) is 6.39 Å². The van der Waals surface area contributed by atoms with Crippen molar-refractivity contribution in [2.24, 2.45) is 5.92 Å². The molecule has 2 atom stereocenters. The molecule has 0 spiro atoms. The van der Waals surface area contributed by atoms with Crippen molar-refractivity contribution in [2.45, 2.75) is 58.7 Å². The highest BCUT2D eigenvalue weighted by Gasteiger charge is 2.29. The molecular formula is C16H27N3O3. The van der Waals surface area contributed by atoms with Gasteiger partial charge in [0.25, 0.3) is 0 Å². The van der Waals surface area contributed by atoms with Crippen LogP contribution in [0.4, 0.5) is 4.79 Å². The van der Waals surface area contributed by atoms with Gasteiger partial charge in [0, 0.05) is 25.7 Å². The number of likely N-dealkylation sites (tertiary alicyclic amines) is 1. The van der Waals surface area contributed by atoms with Crippen LogP contribution in [0, 0.1) is 5.92 Å². The molecule has 0 saturated carbocycles. The number of hydrogen-bond donors (Lipinski definition) is 1. The third-order valence-corrected chi connectivity index (χ3v) is 3.91. The summed E-state index contributed by atoms with van der Waals surface area (Å²) < 4.78 is 10.4. The van der Waals surface area contributed by atoms with E-state index in [0.29, 0.717) is 18.5 Å². The normalized spacial score (nSPS) is 20.7. The zero-order valence-electron chi connectivity index (χ0n) is 14.0. The molecule has 6 nitrogen and oxygen atoms in total. The summed E-state index contributed by atoms with van der Waals surface area (Å²) in [6.45, 7) is 10.0. The van der Waals surface area contributed by atoms with Crippen LogP contribution in [0.1, 0.15) is 46.2 Å².